The Morgan fingerprint density at radius 1 is 1.47 bits per heavy atom. The van der Waals surface area contributed by atoms with Gasteiger partial charge in [-0.3, -0.25) is 0 Å². The first-order valence-electron chi connectivity index (χ1n) is 6.52. The third kappa shape index (κ3) is 2.87. The first-order chi connectivity index (χ1) is 9.11. The minimum absolute atomic E-state index is 0.305. The Morgan fingerprint density at radius 3 is 2.89 bits per heavy atom. The molecule has 1 aromatic carbocycles. The van der Waals surface area contributed by atoms with Gasteiger partial charge in [0.15, 0.2) is 0 Å². The van der Waals surface area contributed by atoms with Crippen molar-refractivity contribution in [2.45, 2.75) is 31.2 Å². The summed E-state index contributed by atoms with van der Waals surface area (Å²) in [5, 5.41) is 2.96. The molecule has 2 rings (SSSR count). The molecule has 1 unspecified atom stereocenters. The molecule has 5 heteroatoms. The van der Waals surface area contributed by atoms with Gasteiger partial charge in [-0.2, -0.15) is 0 Å². The number of ether oxygens (including phenoxy) is 1. The predicted octanol–water partition coefficient (Wildman–Crippen LogP) is 2.04. The topological polar surface area (TPSA) is 47.3 Å². The van der Waals surface area contributed by atoms with Gasteiger partial charge in [0, 0.05) is 6.54 Å². The average Bonchev–Trinajstić information content (AvgIpc) is 2.44. The second kappa shape index (κ2) is 5.84. The average molecular weight is 270 g/mol. The second-order valence-electron chi connectivity index (χ2n) is 4.93. The lowest BCUT2D eigenvalue weighted by Gasteiger charge is -2.39. The van der Waals surface area contributed by atoms with Gasteiger partial charge in [0.1, 0.15) is 5.75 Å². The number of rotatable bonds is 5. The minimum Gasteiger partial charge on any atom is -0.497 e. The summed E-state index contributed by atoms with van der Waals surface area (Å²) in [5.74, 6) is 0.734. The molecule has 0 aliphatic heterocycles. The molecule has 0 spiro atoms. The highest BCUT2D eigenvalue weighted by atomic mass is 19.3. The fourth-order valence-electron chi connectivity index (χ4n) is 2.80. The van der Waals surface area contributed by atoms with Crippen molar-refractivity contribution in [1.29, 1.82) is 0 Å². The number of nitrogens with two attached hydrogens (primary N) is 1. The molecule has 0 radical (unpaired) electrons. The first kappa shape index (κ1) is 14.2. The summed E-state index contributed by atoms with van der Waals surface area (Å²) in [6.45, 7) is -0.0340. The molecule has 1 atom stereocenters. The molecule has 1 aliphatic carbocycles. The van der Waals surface area contributed by atoms with Gasteiger partial charge in [0.25, 0.3) is 6.43 Å². The van der Waals surface area contributed by atoms with Crippen molar-refractivity contribution >= 4 is 0 Å². The van der Waals surface area contributed by atoms with E-state index in [9.17, 15) is 8.78 Å². The van der Waals surface area contributed by atoms with Crippen LogP contribution in [-0.4, -0.2) is 26.6 Å². The van der Waals surface area contributed by atoms with Crippen LogP contribution in [0.25, 0.3) is 0 Å². The third-order valence-electron chi connectivity index (χ3n) is 3.83. The Hall–Kier alpha value is -1.20. The Kier molecular flexibility index (Phi) is 4.37. The van der Waals surface area contributed by atoms with Crippen LogP contribution in [0.2, 0.25) is 0 Å². The molecule has 0 bridgehead atoms. The fraction of sp³-hybridized carbons (Fsp3) is 0.571. The Bertz CT molecular complexity index is 439. The number of methoxy groups -OCH3 is 1. The van der Waals surface area contributed by atoms with Crippen molar-refractivity contribution in [3.63, 3.8) is 0 Å². The molecule has 0 fully saturated rings. The summed E-state index contributed by atoms with van der Waals surface area (Å²) in [5.41, 5.74) is 7.49. The SMILES string of the molecule is COc1ccc2c(c1)C(CN)(NCC(F)F)CCC2. The summed E-state index contributed by atoms with van der Waals surface area (Å²) < 4.78 is 30.2. The lowest BCUT2D eigenvalue weighted by Crippen LogP contribution is -2.51. The maximum absolute atomic E-state index is 12.5. The van der Waals surface area contributed by atoms with Crippen LogP contribution in [0.15, 0.2) is 18.2 Å². The van der Waals surface area contributed by atoms with Gasteiger partial charge in [0.2, 0.25) is 0 Å². The van der Waals surface area contributed by atoms with E-state index in [1.165, 1.54) is 5.56 Å². The van der Waals surface area contributed by atoms with Crippen molar-refractivity contribution in [1.82, 2.24) is 5.32 Å². The Morgan fingerprint density at radius 2 is 2.26 bits per heavy atom. The molecule has 19 heavy (non-hydrogen) atoms. The minimum atomic E-state index is -2.38. The predicted molar refractivity (Wildman–Crippen MR) is 70.7 cm³/mol. The van der Waals surface area contributed by atoms with Gasteiger partial charge in [-0.25, -0.2) is 8.78 Å². The lowest BCUT2D eigenvalue weighted by molar-refractivity contribution is 0.125. The number of benzene rings is 1. The summed E-state index contributed by atoms with van der Waals surface area (Å²) in [6, 6.07) is 5.82. The number of halogens is 2. The van der Waals surface area contributed by atoms with Gasteiger partial charge in [-0.05, 0) is 42.5 Å². The summed E-state index contributed by atoms with van der Waals surface area (Å²) in [4.78, 5) is 0. The first-order valence-corrected chi connectivity index (χ1v) is 6.52. The van der Waals surface area contributed by atoms with Crippen LogP contribution in [0.4, 0.5) is 8.78 Å². The van der Waals surface area contributed by atoms with Crippen molar-refractivity contribution in [2.24, 2.45) is 5.73 Å². The largest absolute Gasteiger partial charge is 0.497 e. The zero-order chi connectivity index (χ0) is 13.9. The quantitative estimate of drug-likeness (QED) is 0.860. The van der Waals surface area contributed by atoms with Crippen LogP contribution in [0.5, 0.6) is 5.75 Å². The van der Waals surface area contributed by atoms with E-state index in [1.807, 2.05) is 18.2 Å². The zero-order valence-corrected chi connectivity index (χ0v) is 11.1. The standard InChI is InChI=1S/C14H20F2N2O/c1-19-11-5-4-10-3-2-6-14(9-17,12(10)7-11)18-8-13(15)16/h4-5,7,13,18H,2-3,6,8-9,17H2,1H3. The monoisotopic (exact) mass is 270 g/mol. The van der Waals surface area contributed by atoms with Crippen LogP contribution >= 0.6 is 0 Å². The van der Waals surface area contributed by atoms with E-state index < -0.39 is 12.0 Å². The summed E-state index contributed by atoms with van der Waals surface area (Å²) in [7, 11) is 1.60. The number of fused-ring (bicyclic) bond motifs is 1. The van der Waals surface area contributed by atoms with Crippen molar-refractivity contribution in [3.05, 3.63) is 29.3 Å². The smallest absolute Gasteiger partial charge is 0.250 e. The Balaban J connectivity index is 2.36. The van der Waals surface area contributed by atoms with Crippen molar-refractivity contribution < 1.29 is 13.5 Å². The molecule has 3 nitrogen and oxygen atoms in total. The highest BCUT2D eigenvalue weighted by Gasteiger charge is 2.35. The maximum atomic E-state index is 12.5. The zero-order valence-electron chi connectivity index (χ0n) is 11.1. The van der Waals surface area contributed by atoms with E-state index in [4.69, 9.17) is 10.5 Å². The van der Waals surface area contributed by atoms with Gasteiger partial charge >= 0.3 is 0 Å². The maximum Gasteiger partial charge on any atom is 0.250 e. The summed E-state index contributed by atoms with van der Waals surface area (Å²) in [6.07, 6.45) is 0.306. The molecule has 0 heterocycles. The van der Waals surface area contributed by atoms with Gasteiger partial charge in [-0.15, -0.1) is 0 Å². The molecule has 0 saturated heterocycles. The number of hydrogen-bond acceptors (Lipinski definition) is 3. The van der Waals surface area contributed by atoms with Crippen LogP contribution in [0.1, 0.15) is 24.0 Å². The number of hydrogen-bond donors (Lipinski definition) is 2. The number of alkyl halides is 2. The third-order valence-corrected chi connectivity index (χ3v) is 3.83. The van der Waals surface area contributed by atoms with Gasteiger partial charge in [-0.1, -0.05) is 6.07 Å². The van der Waals surface area contributed by atoms with E-state index in [2.05, 4.69) is 5.32 Å². The molecule has 1 aromatic rings. The fourth-order valence-corrected chi connectivity index (χ4v) is 2.80. The lowest BCUT2D eigenvalue weighted by atomic mass is 9.76. The van der Waals surface area contributed by atoms with Crippen molar-refractivity contribution in [3.8, 4) is 5.75 Å². The number of aryl methyl sites for hydroxylation is 1. The van der Waals surface area contributed by atoms with E-state index in [0.717, 1.165) is 30.6 Å². The Labute approximate surface area is 112 Å². The molecular formula is C14H20F2N2O. The highest BCUT2D eigenvalue weighted by Crippen LogP contribution is 2.36. The molecule has 3 N–H and O–H groups in total. The van der Waals surface area contributed by atoms with E-state index in [-0.39, 0.29) is 6.54 Å². The van der Waals surface area contributed by atoms with E-state index >= 15 is 0 Å². The second-order valence-corrected chi connectivity index (χ2v) is 4.93. The van der Waals surface area contributed by atoms with Gasteiger partial charge in [0.05, 0.1) is 19.2 Å². The normalized spacial score (nSPS) is 22.4. The van der Waals surface area contributed by atoms with Crippen molar-refractivity contribution in [2.75, 3.05) is 20.2 Å². The summed E-state index contributed by atoms with van der Waals surface area (Å²) >= 11 is 0. The van der Waals surface area contributed by atoms with Crippen LogP contribution < -0.4 is 15.8 Å². The van der Waals surface area contributed by atoms with E-state index in [0.29, 0.717) is 6.54 Å². The molecular weight excluding hydrogens is 250 g/mol. The van der Waals surface area contributed by atoms with Gasteiger partial charge < -0.3 is 15.8 Å². The van der Waals surface area contributed by atoms with Crippen LogP contribution in [0, 0.1) is 0 Å². The molecule has 0 amide bonds. The molecule has 1 aliphatic rings. The van der Waals surface area contributed by atoms with E-state index in [1.54, 1.807) is 7.11 Å². The highest BCUT2D eigenvalue weighted by molar-refractivity contribution is 5.42. The van der Waals surface area contributed by atoms with Crippen LogP contribution in [0.3, 0.4) is 0 Å². The molecule has 0 saturated carbocycles. The molecule has 106 valence electrons. The van der Waals surface area contributed by atoms with Crippen LogP contribution in [-0.2, 0) is 12.0 Å². The molecule has 0 aromatic heterocycles. The number of nitrogens with one attached hydrogen (secondary N) is 1.